The molecule has 3 rings (SSSR count). The molecule has 1 N–H and O–H groups in total. The molecule has 0 aliphatic carbocycles. The lowest BCUT2D eigenvalue weighted by molar-refractivity contribution is 0.0595. The summed E-state index contributed by atoms with van der Waals surface area (Å²) in [7, 11) is 3.38. The summed E-state index contributed by atoms with van der Waals surface area (Å²) >= 11 is 6.26. The number of hydrogen-bond acceptors (Lipinski definition) is 5. The van der Waals surface area contributed by atoms with E-state index in [0.29, 0.717) is 36.0 Å². The van der Waals surface area contributed by atoms with Gasteiger partial charge in [0.25, 0.3) is 11.5 Å². The van der Waals surface area contributed by atoms with Gasteiger partial charge < -0.3 is 15.0 Å². The molecule has 8 heteroatoms. The molecule has 27 heavy (non-hydrogen) atoms. The van der Waals surface area contributed by atoms with Crippen LogP contribution < -0.4 is 10.9 Å². The van der Waals surface area contributed by atoms with Crippen LogP contribution in [-0.4, -0.2) is 54.4 Å². The van der Waals surface area contributed by atoms with Gasteiger partial charge in [-0.25, -0.2) is 0 Å². The van der Waals surface area contributed by atoms with Crippen LogP contribution in [0.2, 0.25) is 5.02 Å². The highest BCUT2D eigenvalue weighted by atomic mass is 35.5. The summed E-state index contributed by atoms with van der Waals surface area (Å²) in [6.07, 6.45) is 3.69. The Balaban J connectivity index is 1.76. The molecule has 0 spiro atoms. The van der Waals surface area contributed by atoms with Crippen molar-refractivity contribution in [1.29, 1.82) is 0 Å². The van der Waals surface area contributed by atoms with Gasteiger partial charge in [0.1, 0.15) is 5.02 Å². The molecular weight excluding hydrogens is 368 g/mol. The average Bonchev–Trinajstić information content (AvgIpc) is 2.69. The van der Waals surface area contributed by atoms with Gasteiger partial charge in [-0.3, -0.25) is 9.59 Å². The monoisotopic (exact) mass is 390 g/mol. The van der Waals surface area contributed by atoms with Gasteiger partial charge in [0, 0.05) is 32.8 Å². The van der Waals surface area contributed by atoms with Gasteiger partial charge in [-0.1, -0.05) is 11.6 Å². The molecule has 2 heterocycles. The quantitative estimate of drug-likeness (QED) is 0.848. The van der Waals surface area contributed by atoms with Gasteiger partial charge >= 0.3 is 0 Å². The molecule has 2 aromatic rings. The van der Waals surface area contributed by atoms with E-state index >= 15 is 0 Å². The average molecular weight is 391 g/mol. The van der Waals surface area contributed by atoms with E-state index in [4.69, 9.17) is 16.3 Å². The Morgan fingerprint density at radius 3 is 2.74 bits per heavy atom. The highest BCUT2D eigenvalue weighted by molar-refractivity contribution is 6.32. The molecule has 0 saturated carbocycles. The topological polar surface area (TPSA) is 76.5 Å². The van der Waals surface area contributed by atoms with Crippen molar-refractivity contribution in [2.45, 2.75) is 12.8 Å². The summed E-state index contributed by atoms with van der Waals surface area (Å²) in [5.41, 5.74) is 1.19. The van der Waals surface area contributed by atoms with Crippen molar-refractivity contribution >= 4 is 23.2 Å². The van der Waals surface area contributed by atoms with E-state index in [1.54, 1.807) is 44.6 Å². The number of aromatic nitrogens is 2. The fraction of sp³-hybridized carbons (Fsp3) is 0.421. The summed E-state index contributed by atoms with van der Waals surface area (Å²) in [5, 5.41) is 7.51. The first-order valence-corrected chi connectivity index (χ1v) is 9.26. The number of anilines is 1. The van der Waals surface area contributed by atoms with Crippen molar-refractivity contribution in [3.63, 3.8) is 0 Å². The minimum atomic E-state index is -0.409. The molecule has 1 saturated heterocycles. The predicted molar refractivity (Wildman–Crippen MR) is 105 cm³/mol. The Bertz CT molecular complexity index is 858. The van der Waals surface area contributed by atoms with Crippen LogP contribution in [0.1, 0.15) is 23.2 Å². The molecule has 1 atom stereocenters. The number of nitrogens with zero attached hydrogens (tertiary/aromatic N) is 3. The zero-order chi connectivity index (χ0) is 19.4. The van der Waals surface area contributed by atoms with Crippen molar-refractivity contribution in [2.75, 3.05) is 39.2 Å². The van der Waals surface area contributed by atoms with Crippen molar-refractivity contribution in [2.24, 2.45) is 5.92 Å². The fourth-order valence-electron chi connectivity index (χ4n) is 2.97. The summed E-state index contributed by atoms with van der Waals surface area (Å²) in [6.45, 7) is 2.22. The van der Waals surface area contributed by atoms with Gasteiger partial charge in [0.15, 0.2) is 0 Å². The van der Waals surface area contributed by atoms with E-state index in [2.05, 4.69) is 10.4 Å². The maximum atomic E-state index is 12.6. The van der Waals surface area contributed by atoms with Crippen LogP contribution in [0.5, 0.6) is 0 Å². The summed E-state index contributed by atoms with van der Waals surface area (Å²) in [6, 6.07) is 6.67. The molecule has 144 valence electrons. The number of carbonyl (C=O) groups excluding carboxylic acids is 1. The first-order valence-electron chi connectivity index (χ1n) is 8.89. The molecule has 1 amide bonds. The third-order valence-electron chi connectivity index (χ3n) is 4.52. The molecule has 0 unspecified atom stereocenters. The number of benzene rings is 1. The van der Waals surface area contributed by atoms with Gasteiger partial charge in [0.2, 0.25) is 0 Å². The molecule has 1 aliphatic heterocycles. The zero-order valence-corrected chi connectivity index (χ0v) is 16.2. The predicted octanol–water partition coefficient (Wildman–Crippen LogP) is 2.43. The molecule has 1 aromatic heterocycles. The number of rotatable bonds is 5. The molecule has 7 nitrogen and oxygen atoms in total. The van der Waals surface area contributed by atoms with Crippen LogP contribution in [0.15, 0.2) is 35.3 Å². The number of carbonyl (C=O) groups is 1. The highest BCUT2D eigenvalue weighted by Crippen LogP contribution is 2.20. The van der Waals surface area contributed by atoms with Crippen LogP contribution in [0.25, 0.3) is 5.69 Å². The zero-order valence-electron chi connectivity index (χ0n) is 15.4. The van der Waals surface area contributed by atoms with E-state index in [9.17, 15) is 9.59 Å². The fourth-order valence-corrected chi connectivity index (χ4v) is 3.16. The van der Waals surface area contributed by atoms with Crippen molar-refractivity contribution < 1.29 is 9.53 Å². The van der Waals surface area contributed by atoms with Crippen molar-refractivity contribution in [3.8, 4) is 5.69 Å². The van der Waals surface area contributed by atoms with Crippen LogP contribution in [0.3, 0.4) is 0 Å². The Kier molecular flexibility index (Phi) is 6.13. The van der Waals surface area contributed by atoms with E-state index in [0.717, 1.165) is 19.4 Å². The van der Waals surface area contributed by atoms with Gasteiger partial charge in [-0.15, -0.1) is 0 Å². The molecule has 1 fully saturated rings. The van der Waals surface area contributed by atoms with Gasteiger partial charge in [0.05, 0.1) is 24.2 Å². The second-order valence-electron chi connectivity index (χ2n) is 6.80. The molecular formula is C19H23ClN4O3. The largest absolute Gasteiger partial charge is 0.382 e. The van der Waals surface area contributed by atoms with E-state index in [-0.39, 0.29) is 10.9 Å². The van der Waals surface area contributed by atoms with Crippen molar-refractivity contribution in [1.82, 2.24) is 14.7 Å². The van der Waals surface area contributed by atoms with Crippen LogP contribution in [0, 0.1) is 5.92 Å². The van der Waals surface area contributed by atoms with Gasteiger partial charge in [-0.2, -0.15) is 9.78 Å². The van der Waals surface area contributed by atoms with Crippen LogP contribution in [-0.2, 0) is 4.74 Å². The molecule has 0 bridgehead atoms. The molecule has 1 aliphatic rings. The number of halogens is 1. The maximum absolute atomic E-state index is 12.6. The van der Waals surface area contributed by atoms with E-state index < -0.39 is 5.56 Å². The second-order valence-corrected chi connectivity index (χ2v) is 7.18. The van der Waals surface area contributed by atoms with E-state index in [1.165, 1.54) is 9.58 Å². The second kappa shape index (κ2) is 8.54. The third-order valence-corrected chi connectivity index (χ3v) is 4.88. The standard InChI is InChI=1S/C19H23ClN4O3/c1-23(2)18(25)14-5-7-15(8-6-14)24-19(26)17(20)16(11-22-24)21-10-13-4-3-9-27-12-13/h5-8,11,13,21H,3-4,9-10,12H2,1-2H3/t13-/m0/s1. The number of hydrogen-bond donors (Lipinski definition) is 1. The Morgan fingerprint density at radius 1 is 1.37 bits per heavy atom. The first-order chi connectivity index (χ1) is 13.0. The van der Waals surface area contributed by atoms with Crippen LogP contribution >= 0.6 is 11.6 Å². The minimum absolute atomic E-state index is 0.0928. The summed E-state index contributed by atoms with van der Waals surface area (Å²) in [4.78, 5) is 26.1. The summed E-state index contributed by atoms with van der Waals surface area (Å²) < 4.78 is 6.68. The lowest BCUT2D eigenvalue weighted by atomic mass is 10.0. The third kappa shape index (κ3) is 4.48. The maximum Gasteiger partial charge on any atom is 0.292 e. The lowest BCUT2D eigenvalue weighted by Gasteiger charge is -2.22. The molecule has 0 radical (unpaired) electrons. The Hall–Kier alpha value is -2.38. The Morgan fingerprint density at radius 2 is 2.11 bits per heavy atom. The smallest absolute Gasteiger partial charge is 0.292 e. The molecule has 1 aromatic carbocycles. The summed E-state index contributed by atoms with van der Waals surface area (Å²) in [5.74, 6) is 0.296. The highest BCUT2D eigenvalue weighted by Gasteiger charge is 2.16. The number of amides is 1. The lowest BCUT2D eigenvalue weighted by Crippen LogP contribution is -2.27. The SMILES string of the molecule is CN(C)C(=O)c1ccc(-n2ncc(NC[C@@H]3CCCOC3)c(Cl)c2=O)cc1. The number of ether oxygens (including phenoxy) is 1. The van der Waals surface area contributed by atoms with Crippen LogP contribution in [0.4, 0.5) is 5.69 Å². The number of nitrogens with one attached hydrogen (secondary N) is 1. The first kappa shape index (κ1) is 19.4. The Labute approximate surface area is 162 Å². The minimum Gasteiger partial charge on any atom is -0.382 e. The van der Waals surface area contributed by atoms with E-state index in [1.807, 2.05) is 0 Å². The van der Waals surface area contributed by atoms with Gasteiger partial charge in [-0.05, 0) is 43.0 Å². The van der Waals surface area contributed by atoms with Crippen molar-refractivity contribution in [3.05, 3.63) is 51.4 Å². The normalized spacial score (nSPS) is 16.8.